The van der Waals surface area contributed by atoms with Crippen LogP contribution in [-0.2, 0) is 4.79 Å². The second kappa shape index (κ2) is 7.62. The highest BCUT2D eigenvalue weighted by Crippen LogP contribution is 2.32. The van der Waals surface area contributed by atoms with Gasteiger partial charge in [-0.15, -0.1) is 11.8 Å². The summed E-state index contributed by atoms with van der Waals surface area (Å²) in [6, 6.07) is 10.9. The number of carbonyl (C=O) groups is 1. The number of methoxy groups -OCH3 is 1. The molecule has 1 atom stereocenters. The number of benzene rings is 2. The van der Waals surface area contributed by atoms with Gasteiger partial charge >= 0.3 is 0 Å². The summed E-state index contributed by atoms with van der Waals surface area (Å²) in [5.41, 5.74) is 7.86. The van der Waals surface area contributed by atoms with Gasteiger partial charge in [-0.05, 0) is 49.7 Å². The molecule has 0 bridgehead atoms. The summed E-state index contributed by atoms with van der Waals surface area (Å²) < 4.78 is 5.27. The molecule has 4 nitrogen and oxygen atoms in total. The molecule has 3 N–H and O–H groups in total. The predicted molar refractivity (Wildman–Crippen MR) is 97.5 cm³/mol. The van der Waals surface area contributed by atoms with Crippen molar-refractivity contribution in [3.63, 3.8) is 0 Å². The fourth-order valence-electron chi connectivity index (χ4n) is 1.97. The lowest BCUT2D eigenvalue weighted by atomic mass is 10.2. The van der Waals surface area contributed by atoms with E-state index < -0.39 is 0 Å². The van der Waals surface area contributed by atoms with Gasteiger partial charge in [-0.2, -0.15) is 0 Å². The van der Waals surface area contributed by atoms with Gasteiger partial charge in [0.1, 0.15) is 5.75 Å². The molecule has 1 unspecified atom stereocenters. The van der Waals surface area contributed by atoms with E-state index in [4.69, 9.17) is 22.1 Å². The SMILES string of the molecule is COc1cc(Cl)c(C)cc1NC(=O)C(C)Sc1ccc(N)cc1. The average Bonchev–Trinajstić information content (AvgIpc) is 2.52. The molecule has 0 aliphatic heterocycles. The Hall–Kier alpha value is -1.85. The van der Waals surface area contributed by atoms with E-state index >= 15 is 0 Å². The monoisotopic (exact) mass is 350 g/mol. The number of anilines is 2. The Morgan fingerprint density at radius 3 is 2.57 bits per heavy atom. The van der Waals surface area contributed by atoms with Crippen molar-refractivity contribution in [2.45, 2.75) is 24.0 Å². The van der Waals surface area contributed by atoms with Crippen molar-refractivity contribution in [2.75, 3.05) is 18.2 Å². The van der Waals surface area contributed by atoms with Crippen molar-refractivity contribution in [2.24, 2.45) is 0 Å². The molecule has 0 saturated heterocycles. The third-order valence-electron chi connectivity index (χ3n) is 3.30. The quantitative estimate of drug-likeness (QED) is 0.621. The fraction of sp³-hybridized carbons (Fsp3) is 0.235. The number of aryl methyl sites for hydroxylation is 1. The minimum absolute atomic E-state index is 0.105. The number of ether oxygens (including phenoxy) is 1. The van der Waals surface area contributed by atoms with Gasteiger partial charge in [-0.3, -0.25) is 4.79 Å². The van der Waals surface area contributed by atoms with Crippen LogP contribution in [0.1, 0.15) is 12.5 Å². The van der Waals surface area contributed by atoms with E-state index in [1.54, 1.807) is 19.2 Å². The molecule has 122 valence electrons. The Labute approximate surface area is 145 Å². The zero-order chi connectivity index (χ0) is 17.0. The summed E-state index contributed by atoms with van der Waals surface area (Å²) in [5, 5.41) is 3.23. The van der Waals surface area contributed by atoms with E-state index in [2.05, 4.69) is 5.32 Å². The molecule has 23 heavy (non-hydrogen) atoms. The van der Waals surface area contributed by atoms with Crippen LogP contribution in [0.2, 0.25) is 5.02 Å². The first kappa shape index (κ1) is 17.5. The molecule has 0 fully saturated rings. The molecular formula is C17H19ClN2O2S. The summed E-state index contributed by atoms with van der Waals surface area (Å²) >= 11 is 7.54. The Morgan fingerprint density at radius 1 is 1.30 bits per heavy atom. The van der Waals surface area contributed by atoms with Gasteiger partial charge in [-0.25, -0.2) is 0 Å². The number of nitrogens with one attached hydrogen (secondary N) is 1. The predicted octanol–water partition coefficient (Wildman–Crippen LogP) is 4.36. The number of halogens is 1. The zero-order valence-corrected chi connectivity index (χ0v) is 14.8. The van der Waals surface area contributed by atoms with Gasteiger partial charge in [0.25, 0.3) is 0 Å². The second-order valence-corrected chi connectivity index (χ2v) is 6.94. The van der Waals surface area contributed by atoms with Gasteiger partial charge in [-0.1, -0.05) is 11.6 Å². The average molecular weight is 351 g/mol. The second-order valence-electron chi connectivity index (χ2n) is 5.12. The highest BCUT2D eigenvalue weighted by molar-refractivity contribution is 8.00. The molecule has 0 aliphatic rings. The molecule has 2 aromatic rings. The van der Waals surface area contributed by atoms with E-state index in [-0.39, 0.29) is 11.2 Å². The van der Waals surface area contributed by atoms with Crippen LogP contribution in [-0.4, -0.2) is 18.3 Å². The first-order chi connectivity index (χ1) is 10.9. The molecule has 0 radical (unpaired) electrons. The van der Waals surface area contributed by atoms with Crippen LogP contribution in [0.3, 0.4) is 0 Å². The van der Waals surface area contributed by atoms with Crippen LogP contribution in [0.15, 0.2) is 41.3 Å². The highest BCUT2D eigenvalue weighted by atomic mass is 35.5. The summed E-state index contributed by atoms with van der Waals surface area (Å²) in [7, 11) is 1.54. The lowest BCUT2D eigenvalue weighted by Gasteiger charge is -2.15. The van der Waals surface area contributed by atoms with Crippen LogP contribution < -0.4 is 15.8 Å². The molecule has 0 aliphatic carbocycles. The minimum Gasteiger partial charge on any atom is -0.495 e. The molecule has 2 aromatic carbocycles. The van der Waals surface area contributed by atoms with E-state index in [0.717, 1.165) is 10.5 Å². The number of thioether (sulfide) groups is 1. The molecule has 0 spiro atoms. The van der Waals surface area contributed by atoms with Crippen molar-refractivity contribution in [3.8, 4) is 5.75 Å². The maximum absolute atomic E-state index is 12.4. The zero-order valence-electron chi connectivity index (χ0n) is 13.2. The molecule has 0 saturated carbocycles. The number of hydrogen-bond acceptors (Lipinski definition) is 4. The number of nitrogen functional groups attached to an aromatic ring is 1. The standard InChI is InChI=1S/C17H19ClN2O2S/c1-10-8-15(16(22-3)9-14(10)18)20-17(21)11(2)23-13-6-4-12(19)5-7-13/h4-9,11H,19H2,1-3H3,(H,20,21). The van der Waals surface area contributed by atoms with Crippen LogP contribution in [0.5, 0.6) is 5.75 Å². The van der Waals surface area contributed by atoms with Gasteiger partial charge in [0.05, 0.1) is 18.0 Å². The van der Waals surface area contributed by atoms with E-state index in [9.17, 15) is 4.79 Å². The number of nitrogens with two attached hydrogens (primary N) is 1. The third-order valence-corrected chi connectivity index (χ3v) is 4.82. The maximum Gasteiger partial charge on any atom is 0.237 e. The lowest BCUT2D eigenvalue weighted by molar-refractivity contribution is -0.115. The highest BCUT2D eigenvalue weighted by Gasteiger charge is 2.17. The Kier molecular flexibility index (Phi) is 5.80. The number of hydrogen-bond donors (Lipinski definition) is 2. The van der Waals surface area contributed by atoms with Crippen molar-refractivity contribution in [1.82, 2.24) is 0 Å². The molecule has 2 rings (SSSR count). The van der Waals surface area contributed by atoms with Gasteiger partial charge in [0.15, 0.2) is 0 Å². The fourth-order valence-corrected chi connectivity index (χ4v) is 2.99. The summed E-state index contributed by atoms with van der Waals surface area (Å²) in [5.74, 6) is 0.436. The Morgan fingerprint density at radius 2 is 1.96 bits per heavy atom. The smallest absolute Gasteiger partial charge is 0.237 e. The normalized spacial score (nSPS) is 11.8. The Balaban J connectivity index is 2.09. The van der Waals surface area contributed by atoms with Gasteiger partial charge < -0.3 is 15.8 Å². The largest absolute Gasteiger partial charge is 0.495 e. The summed E-state index contributed by atoms with van der Waals surface area (Å²) in [4.78, 5) is 13.4. The maximum atomic E-state index is 12.4. The third kappa shape index (κ3) is 4.56. The molecular weight excluding hydrogens is 332 g/mol. The lowest BCUT2D eigenvalue weighted by Crippen LogP contribution is -2.22. The number of amides is 1. The number of carbonyl (C=O) groups excluding carboxylic acids is 1. The van der Waals surface area contributed by atoms with Crippen molar-refractivity contribution in [3.05, 3.63) is 47.0 Å². The molecule has 6 heteroatoms. The van der Waals surface area contributed by atoms with Crippen LogP contribution in [0, 0.1) is 6.92 Å². The minimum atomic E-state index is -0.265. The summed E-state index contributed by atoms with van der Waals surface area (Å²) in [6.45, 7) is 3.73. The first-order valence-electron chi connectivity index (χ1n) is 7.08. The summed E-state index contributed by atoms with van der Waals surface area (Å²) in [6.07, 6.45) is 0. The molecule has 1 amide bonds. The van der Waals surface area contributed by atoms with Crippen molar-refractivity contribution in [1.29, 1.82) is 0 Å². The topological polar surface area (TPSA) is 64.3 Å². The van der Waals surface area contributed by atoms with E-state index in [1.165, 1.54) is 11.8 Å². The van der Waals surface area contributed by atoms with Crippen LogP contribution >= 0.6 is 23.4 Å². The van der Waals surface area contributed by atoms with E-state index in [1.807, 2.05) is 38.1 Å². The molecule has 0 heterocycles. The first-order valence-corrected chi connectivity index (χ1v) is 8.33. The van der Waals surface area contributed by atoms with Gasteiger partial charge in [0, 0.05) is 21.7 Å². The number of rotatable bonds is 5. The van der Waals surface area contributed by atoms with Gasteiger partial charge in [0.2, 0.25) is 5.91 Å². The van der Waals surface area contributed by atoms with Crippen LogP contribution in [0.4, 0.5) is 11.4 Å². The van der Waals surface area contributed by atoms with Crippen molar-refractivity contribution < 1.29 is 9.53 Å². The Bertz CT molecular complexity index is 704. The van der Waals surface area contributed by atoms with Crippen LogP contribution in [0.25, 0.3) is 0 Å². The molecule has 0 aromatic heterocycles. The van der Waals surface area contributed by atoms with Crippen molar-refractivity contribution >= 4 is 40.6 Å². The van der Waals surface area contributed by atoms with E-state index in [0.29, 0.717) is 22.1 Å².